The number of aliphatic hydroxyl groups is 5. The number of hydrogen-bond acceptors (Lipinski definition) is 8. The average molecular weight is 394 g/mol. The standard InChI is InChI=1S/C19H39NO7/c1-2-3-4-5-6-7-8-9-13-16-27-17(21)14-11-10-12-15-20-18(22,23)19(24,25)26/h20,22-26H,2-16H2,1H3. The van der Waals surface area contributed by atoms with Crippen molar-refractivity contribution in [2.75, 3.05) is 13.2 Å². The normalized spacial score (nSPS) is 12.4. The quantitative estimate of drug-likeness (QED) is 0.117. The Balaban J connectivity index is 3.40. The van der Waals surface area contributed by atoms with E-state index in [4.69, 9.17) is 30.3 Å². The molecule has 0 unspecified atom stereocenters. The van der Waals surface area contributed by atoms with E-state index in [2.05, 4.69) is 6.92 Å². The highest BCUT2D eigenvalue weighted by molar-refractivity contribution is 5.69. The summed E-state index contributed by atoms with van der Waals surface area (Å²) < 4.78 is 5.17. The van der Waals surface area contributed by atoms with Gasteiger partial charge < -0.3 is 30.3 Å². The van der Waals surface area contributed by atoms with Gasteiger partial charge in [-0.1, -0.05) is 64.7 Å². The first-order chi connectivity index (χ1) is 12.7. The molecule has 0 saturated carbocycles. The van der Waals surface area contributed by atoms with Gasteiger partial charge in [0.05, 0.1) is 6.61 Å². The molecule has 6 N–H and O–H groups in total. The molecule has 0 atom stereocenters. The first-order valence-corrected chi connectivity index (χ1v) is 10.2. The van der Waals surface area contributed by atoms with E-state index in [1.54, 1.807) is 0 Å². The molecule has 0 bridgehead atoms. The predicted octanol–water partition coefficient (Wildman–Crippen LogP) is 1.48. The molecule has 0 aromatic carbocycles. The largest absolute Gasteiger partial charge is 0.466 e. The van der Waals surface area contributed by atoms with Crippen molar-refractivity contribution in [2.24, 2.45) is 0 Å². The van der Waals surface area contributed by atoms with E-state index in [0.29, 0.717) is 32.3 Å². The van der Waals surface area contributed by atoms with Crippen LogP contribution in [0.1, 0.15) is 90.4 Å². The lowest BCUT2D eigenvalue weighted by molar-refractivity contribution is -0.455. The van der Waals surface area contributed by atoms with E-state index in [-0.39, 0.29) is 12.5 Å². The summed E-state index contributed by atoms with van der Waals surface area (Å²) in [6.07, 6.45) is 12.9. The molecule has 8 nitrogen and oxygen atoms in total. The highest BCUT2D eigenvalue weighted by Gasteiger charge is 2.46. The Bertz CT molecular complexity index is 370. The molecule has 0 aromatic rings. The maximum absolute atomic E-state index is 11.6. The minimum atomic E-state index is -3.65. The maximum atomic E-state index is 11.6. The number of hydrogen-bond donors (Lipinski definition) is 6. The SMILES string of the molecule is CCCCCCCCCCCOC(=O)CCCCCNC(O)(O)C(O)(O)O. The van der Waals surface area contributed by atoms with Crippen molar-refractivity contribution >= 4 is 5.97 Å². The van der Waals surface area contributed by atoms with Crippen molar-refractivity contribution in [1.29, 1.82) is 0 Å². The van der Waals surface area contributed by atoms with Gasteiger partial charge in [-0.15, -0.1) is 0 Å². The summed E-state index contributed by atoms with van der Waals surface area (Å²) >= 11 is 0. The van der Waals surface area contributed by atoms with Gasteiger partial charge in [0.1, 0.15) is 0 Å². The summed E-state index contributed by atoms with van der Waals surface area (Å²) in [5.74, 6) is -7.09. The second kappa shape index (κ2) is 15.2. The van der Waals surface area contributed by atoms with Crippen LogP contribution in [0.3, 0.4) is 0 Å². The van der Waals surface area contributed by atoms with E-state index >= 15 is 0 Å². The first-order valence-electron chi connectivity index (χ1n) is 10.2. The van der Waals surface area contributed by atoms with Crippen LogP contribution in [0, 0.1) is 0 Å². The lowest BCUT2D eigenvalue weighted by atomic mass is 10.1. The van der Waals surface area contributed by atoms with Gasteiger partial charge >= 0.3 is 17.9 Å². The lowest BCUT2D eigenvalue weighted by Gasteiger charge is -2.30. The smallest absolute Gasteiger partial charge is 0.348 e. The van der Waals surface area contributed by atoms with Crippen LogP contribution < -0.4 is 5.32 Å². The number of carbonyl (C=O) groups excluding carboxylic acids is 1. The Morgan fingerprint density at radius 1 is 0.778 bits per heavy atom. The Morgan fingerprint density at radius 2 is 1.30 bits per heavy atom. The molecule has 0 saturated heterocycles. The Morgan fingerprint density at radius 3 is 1.85 bits per heavy atom. The summed E-state index contributed by atoms with van der Waals surface area (Å²) in [5, 5.41) is 46.4. The lowest BCUT2D eigenvalue weighted by Crippen LogP contribution is -2.63. The van der Waals surface area contributed by atoms with Gasteiger partial charge in [0, 0.05) is 13.0 Å². The van der Waals surface area contributed by atoms with E-state index in [0.717, 1.165) is 12.8 Å². The van der Waals surface area contributed by atoms with Crippen molar-refractivity contribution in [2.45, 2.75) is 102 Å². The predicted molar refractivity (Wildman–Crippen MR) is 101 cm³/mol. The highest BCUT2D eigenvalue weighted by atomic mass is 16.7. The van der Waals surface area contributed by atoms with Crippen molar-refractivity contribution < 1.29 is 35.1 Å². The van der Waals surface area contributed by atoms with Gasteiger partial charge in [-0.3, -0.25) is 10.1 Å². The summed E-state index contributed by atoms with van der Waals surface area (Å²) in [4.78, 5) is 11.6. The zero-order chi connectivity index (χ0) is 20.6. The van der Waals surface area contributed by atoms with Gasteiger partial charge in [0.25, 0.3) is 0 Å². The molecule has 0 spiro atoms. The molecule has 0 amide bonds. The molecule has 0 aromatic heterocycles. The zero-order valence-electron chi connectivity index (χ0n) is 16.7. The number of ether oxygens (including phenoxy) is 1. The molecule has 0 heterocycles. The summed E-state index contributed by atoms with van der Waals surface area (Å²) in [5.41, 5.74) is 0. The van der Waals surface area contributed by atoms with Crippen LogP contribution in [0.2, 0.25) is 0 Å². The third-order valence-electron chi connectivity index (χ3n) is 4.41. The molecule has 27 heavy (non-hydrogen) atoms. The number of rotatable bonds is 18. The fourth-order valence-electron chi connectivity index (χ4n) is 2.62. The molecule has 0 aliphatic heterocycles. The Hall–Kier alpha value is -0.770. The molecular formula is C19H39NO7. The molecular weight excluding hydrogens is 354 g/mol. The van der Waals surface area contributed by atoms with Crippen molar-refractivity contribution in [3.05, 3.63) is 0 Å². The monoisotopic (exact) mass is 393 g/mol. The number of unbranched alkanes of at least 4 members (excludes halogenated alkanes) is 10. The Kier molecular flexibility index (Phi) is 14.8. The van der Waals surface area contributed by atoms with Crippen LogP contribution in [0.4, 0.5) is 0 Å². The number of nitrogens with one attached hydrogen (secondary N) is 1. The molecule has 0 rings (SSSR count). The van der Waals surface area contributed by atoms with E-state index in [1.807, 2.05) is 5.32 Å². The molecule has 0 aliphatic rings. The molecule has 0 fully saturated rings. The zero-order valence-corrected chi connectivity index (χ0v) is 16.7. The van der Waals surface area contributed by atoms with Crippen molar-refractivity contribution in [3.63, 3.8) is 0 Å². The van der Waals surface area contributed by atoms with Crippen molar-refractivity contribution in [3.8, 4) is 0 Å². The molecule has 8 heteroatoms. The molecule has 162 valence electrons. The van der Waals surface area contributed by atoms with Crippen LogP contribution in [-0.4, -0.2) is 56.5 Å². The van der Waals surface area contributed by atoms with Crippen LogP contribution in [0.15, 0.2) is 0 Å². The first kappa shape index (κ1) is 26.2. The number of carbonyl (C=O) groups is 1. The second-order valence-electron chi connectivity index (χ2n) is 7.09. The van der Waals surface area contributed by atoms with Crippen LogP contribution >= 0.6 is 0 Å². The summed E-state index contributed by atoms with van der Waals surface area (Å²) in [6.45, 7) is 2.70. The fourth-order valence-corrected chi connectivity index (χ4v) is 2.62. The summed E-state index contributed by atoms with van der Waals surface area (Å²) in [7, 11) is 0. The highest BCUT2D eigenvalue weighted by Crippen LogP contribution is 2.11. The third-order valence-corrected chi connectivity index (χ3v) is 4.41. The maximum Gasteiger partial charge on any atom is 0.348 e. The average Bonchev–Trinajstić information content (AvgIpc) is 2.58. The van der Waals surface area contributed by atoms with Gasteiger partial charge in [-0.05, 0) is 19.3 Å². The van der Waals surface area contributed by atoms with Gasteiger partial charge in [0.2, 0.25) is 0 Å². The van der Waals surface area contributed by atoms with E-state index in [9.17, 15) is 4.79 Å². The number of esters is 1. The topological polar surface area (TPSA) is 139 Å². The van der Waals surface area contributed by atoms with Gasteiger partial charge in [-0.25, -0.2) is 0 Å². The van der Waals surface area contributed by atoms with E-state index < -0.39 is 11.9 Å². The third kappa shape index (κ3) is 14.9. The van der Waals surface area contributed by atoms with Crippen molar-refractivity contribution in [1.82, 2.24) is 5.32 Å². The minimum Gasteiger partial charge on any atom is -0.466 e. The van der Waals surface area contributed by atoms with Gasteiger partial charge in [-0.2, -0.15) is 0 Å². The summed E-state index contributed by atoms with van der Waals surface area (Å²) in [6, 6.07) is 0. The molecule has 0 aliphatic carbocycles. The van der Waals surface area contributed by atoms with E-state index in [1.165, 1.54) is 44.9 Å². The van der Waals surface area contributed by atoms with Crippen LogP contribution in [-0.2, 0) is 9.53 Å². The van der Waals surface area contributed by atoms with Gasteiger partial charge in [0.15, 0.2) is 0 Å². The fraction of sp³-hybridized carbons (Fsp3) is 0.947. The minimum absolute atomic E-state index is 0.0317. The van der Waals surface area contributed by atoms with Crippen LogP contribution in [0.5, 0.6) is 0 Å². The van der Waals surface area contributed by atoms with Crippen LogP contribution in [0.25, 0.3) is 0 Å². The Labute approximate surface area is 162 Å². The molecule has 0 radical (unpaired) electrons. The second-order valence-corrected chi connectivity index (χ2v) is 7.09.